The number of carboxylic acids is 1. The smallest absolute Gasteiger partial charge is 0.306 e. The molecule has 1 rings (SSSR count). The summed E-state index contributed by atoms with van der Waals surface area (Å²) in [7, 11) is -3.77. The van der Waals surface area contributed by atoms with Gasteiger partial charge in [0.15, 0.2) is 0 Å². The van der Waals surface area contributed by atoms with Crippen molar-refractivity contribution in [1.82, 2.24) is 4.72 Å². The highest BCUT2D eigenvalue weighted by Crippen LogP contribution is 2.15. The highest BCUT2D eigenvalue weighted by molar-refractivity contribution is 9.10. The number of carboxylic acid groups (broad SMARTS) is 1. The van der Waals surface area contributed by atoms with E-state index < -0.39 is 28.0 Å². The van der Waals surface area contributed by atoms with Gasteiger partial charge < -0.3 is 10.2 Å². The molecule has 0 saturated carbocycles. The van der Waals surface area contributed by atoms with Crippen LogP contribution in [0.15, 0.2) is 33.6 Å². The molecule has 106 valence electrons. The molecule has 1 atom stereocenters. The van der Waals surface area contributed by atoms with Gasteiger partial charge in [0.1, 0.15) is 0 Å². The minimum atomic E-state index is -3.77. The average molecular weight is 352 g/mol. The van der Waals surface area contributed by atoms with E-state index in [4.69, 9.17) is 5.11 Å². The number of rotatable bonds is 6. The summed E-state index contributed by atoms with van der Waals surface area (Å²) < 4.78 is 26.7. The maximum atomic E-state index is 11.9. The van der Waals surface area contributed by atoms with E-state index in [0.717, 1.165) is 4.47 Å². The van der Waals surface area contributed by atoms with E-state index in [0.29, 0.717) is 0 Å². The highest BCUT2D eigenvalue weighted by atomic mass is 79.9. The van der Waals surface area contributed by atoms with Gasteiger partial charge in [-0.05, 0) is 31.2 Å². The number of carbonyl (C=O) groups is 1. The lowest BCUT2D eigenvalue weighted by molar-refractivity contribution is -0.141. The Morgan fingerprint density at radius 3 is 2.37 bits per heavy atom. The predicted octanol–water partition coefficient (Wildman–Crippen LogP) is 0.953. The Labute approximate surface area is 119 Å². The number of aliphatic hydroxyl groups is 1. The van der Waals surface area contributed by atoms with E-state index in [-0.39, 0.29) is 11.4 Å². The molecule has 0 amide bonds. The molecule has 0 spiro atoms. The fraction of sp³-hybridized carbons (Fsp3) is 0.364. The summed E-state index contributed by atoms with van der Waals surface area (Å²) in [6.07, 6.45) is -0.546. The maximum Gasteiger partial charge on any atom is 0.306 e. The van der Waals surface area contributed by atoms with E-state index in [9.17, 15) is 18.3 Å². The van der Waals surface area contributed by atoms with Crippen LogP contribution < -0.4 is 4.72 Å². The summed E-state index contributed by atoms with van der Waals surface area (Å²) in [6.45, 7) is 0.878. The van der Waals surface area contributed by atoms with Gasteiger partial charge in [-0.1, -0.05) is 15.9 Å². The summed E-state index contributed by atoms with van der Waals surface area (Å²) in [4.78, 5) is 10.5. The van der Waals surface area contributed by atoms with Crippen LogP contribution in [-0.2, 0) is 14.8 Å². The Morgan fingerprint density at radius 2 is 1.89 bits per heavy atom. The summed E-state index contributed by atoms with van der Waals surface area (Å²) >= 11 is 3.19. The van der Waals surface area contributed by atoms with E-state index in [1.807, 2.05) is 0 Å². The van der Waals surface area contributed by atoms with Crippen LogP contribution in [0.4, 0.5) is 0 Å². The molecule has 0 saturated heterocycles. The van der Waals surface area contributed by atoms with Crippen LogP contribution in [-0.4, -0.2) is 36.7 Å². The SMILES string of the molecule is CC(O)(CNS(=O)(=O)c1ccc(Br)cc1)CC(=O)O. The van der Waals surface area contributed by atoms with Gasteiger partial charge in [-0.2, -0.15) is 0 Å². The Bertz CT molecular complexity index is 553. The van der Waals surface area contributed by atoms with Gasteiger partial charge in [0, 0.05) is 11.0 Å². The van der Waals surface area contributed by atoms with Crippen LogP contribution in [0.1, 0.15) is 13.3 Å². The maximum absolute atomic E-state index is 11.9. The zero-order valence-electron chi connectivity index (χ0n) is 10.1. The van der Waals surface area contributed by atoms with Crippen LogP contribution >= 0.6 is 15.9 Å². The van der Waals surface area contributed by atoms with E-state index >= 15 is 0 Å². The Kier molecular flexibility index (Phi) is 5.08. The number of nitrogens with one attached hydrogen (secondary N) is 1. The van der Waals surface area contributed by atoms with Crippen LogP contribution in [0.2, 0.25) is 0 Å². The third-order valence-corrected chi connectivity index (χ3v) is 4.24. The second-order valence-corrected chi connectivity index (χ2v) is 7.03. The Morgan fingerprint density at radius 1 is 1.37 bits per heavy atom. The molecule has 0 fully saturated rings. The first kappa shape index (κ1) is 16.1. The molecular weight excluding hydrogens is 338 g/mol. The molecule has 3 N–H and O–H groups in total. The molecule has 8 heteroatoms. The van der Waals surface area contributed by atoms with Gasteiger partial charge in [-0.15, -0.1) is 0 Å². The number of halogens is 1. The van der Waals surface area contributed by atoms with Crippen molar-refractivity contribution in [3.63, 3.8) is 0 Å². The molecule has 6 nitrogen and oxygen atoms in total. The van der Waals surface area contributed by atoms with Crippen molar-refractivity contribution in [3.05, 3.63) is 28.7 Å². The monoisotopic (exact) mass is 351 g/mol. The zero-order chi connectivity index (χ0) is 14.7. The molecule has 0 bridgehead atoms. The van der Waals surface area contributed by atoms with Gasteiger partial charge in [-0.25, -0.2) is 13.1 Å². The number of sulfonamides is 1. The number of hydrogen-bond donors (Lipinski definition) is 3. The second-order valence-electron chi connectivity index (χ2n) is 4.35. The first-order valence-electron chi connectivity index (χ1n) is 5.32. The molecule has 1 aromatic rings. The van der Waals surface area contributed by atoms with Crippen molar-refractivity contribution in [2.24, 2.45) is 0 Å². The van der Waals surface area contributed by atoms with Gasteiger partial charge in [0.2, 0.25) is 10.0 Å². The lowest BCUT2D eigenvalue weighted by atomic mass is 10.0. The van der Waals surface area contributed by atoms with Crippen LogP contribution in [0.25, 0.3) is 0 Å². The molecule has 1 unspecified atom stereocenters. The zero-order valence-corrected chi connectivity index (χ0v) is 12.5. The number of aliphatic carboxylic acids is 1. The first-order valence-corrected chi connectivity index (χ1v) is 7.59. The fourth-order valence-corrected chi connectivity index (χ4v) is 2.76. The summed E-state index contributed by atoms with van der Waals surface area (Å²) in [5.41, 5.74) is -1.64. The normalized spacial score (nSPS) is 14.9. The minimum Gasteiger partial charge on any atom is -0.481 e. The van der Waals surface area contributed by atoms with Crippen LogP contribution in [0.3, 0.4) is 0 Å². The molecule has 1 aromatic carbocycles. The van der Waals surface area contributed by atoms with Crippen molar-refractivity contribution < 1.29 is 23.4 Å². The van der Waals surface area contributed by atoms with Gasteiger partial charge >= 0.3 is 5.97 Å². The number of hydrogen-bond acceptors (Lipinski definition) is 4. The second kappa shape index (κ2) is 6.00. The van der Waals surface area contributed by atoms with E-state index in [1.165, 1.54) is 19.1 Å². The summed E-state index contributed by atoms with van der Waals surface area (Å²) in [5.74, 6) is -1.20. The largest absolute Gasteiger partial charge is 0.481 e. The topological polar surface area (TPSA) is 104 Å². The van der Waals surface area contributed by atoms with E-state index in [2.05, 4.69) is 20.7 Å². The third-order valence-electron chi connectivity index (χ3n) is 2.30. The molecule has 0 aliphatic heterocycles. The molecule has 0 aliphatic rings. The lowest BCUT2D eigenvalue weighted by Gasteiger charge is -2.21. The van der Waals surface area contributed by atoms with Crippen molar-refractivity contribution in [1.29, 1.82) is 0 Å². The lowest BCUT2D eigenvalue weighted by Crippen LogP contribution is -2.42. The van der Waals surface area contributed by atoms with Crippen LogP contribution in [0.5, 0.6) is 0 Å². The highest BCUT2D eigenvalue weighted by Gasteiger charge is 2.26. The van der Waals surface area contributed by atoms with Gasteiger partial charge in [-0.3, -0.25) is 4.79 Å². The van der Waals surface area contributed by atoms with Gasteiger partial charge in [0.05, 0.1) is 16.9 Å². The molecule has 19 heavy (non-hydrogen) atoms. The fourth-order valence-electron chi connectivity index (χ4n) is 1.34. The Hall–Kier alpha value is -0.960. The van der Waals surface area contributed by atoms with Crippen molar-refractivity contribution in [2.45, 2.75) is 23.8 Å². The third kappa shape index (κ3) is 5.27. The standard InChI is InChI=1S/C11H14BrNO5S/c1-11(16,6-10(14)15)7-13-19(17,18)9-4-2-8(12)3-5-9/h2-5,13,16H,6-7H2,1H3,(H,14,15). The molecule has 0 aromatic heterocycles. The van der Waals surface area contributed by atoms with Crippen molar-refractivity contribution in [3.8, 4) is 0 Å². The molecule has 0 radical (unpaired) electrons. The average Bonchev–Trinajstić information content (AvgIpc) is 2.26. The van der Waals surface area contributed by atoms with Crippen molar-refractivity contribution >= 4 is 31.9 Å². The first-order chi connectivity index (χ1) is 8.62. The number of benzene rings is 1. The molecule has 0 heterocycles. The van der Waals surface area contributed by atoms with Crippen LogP contribution in [0, 0.1) is 0 Å². The Balaban J connectivity index is 2.76. The molecule has 0 aliphatic carbocycles. The quantitative estimate of drug-likeness (QED) is 0.707. The van der Waals surface area contributed by atoms with Gasteiger partial charge in [0.25, 0.3) is 0 Å². The summed E-state index contributed by atoms with van der Waals surface area (Å²) in [5, 5.41) is 18.3. The summed E-state index contributed by atoms with van der Waals surface area (Å²) in [6, 6.07) is 5.95. The predicted molar refractivity (Wildman–Crippen MR) is 72.2 cm³/mol. The molecular formula is C11H14BrNO5S. The van der Waals surface area contributed by atoms with E-state index in [1.54, 1.807) is 12.1 Å². The minimum absolute atomic E-state index is 0.0434. The van der Waals surface area contributed by atoms with Crippen molar-refractivity contribution in [2.75, 3.05) is 6.54 Å².